The summed E-state index contributed by atoms with van der Waals surface area (Å²) < 4.78 is -0.761. The van der Waals surface area contributed by atoms with E-state index in [2.05, 4.69) is 21.2 Å². The molecule has 3 N–H and O–H groups in total. The first-order valence-electron chi connectivity index (χ1n) is 4.96. The Morgan fingerprint density at radius 1 is 1.44 bits per heavy atom. The molecule has 0 aliphatic heterocycles. The molecule has 1 aliphatic carbocycles. The summed E-state index contributed by atoms with van der Waals surface area (Å²) in [5.41, 5.74) is 0.975. The number of ketones is 1. The fraction of sp³-hybridized carbons (Fsp3) is 0.364. The fourth-order valence-corrected chi connectivity index (χ4v) is 2.36. The van der Waals surface area contributed by atoms with Crippen LogP contribution in [0.3, 0.4) is 0 Å². The molecule has 0 spiro atoms. The van der Waals surface area contributed by atoms with Crippen molar-refractivity contribution in [2.75, 3.05) is 7.05 Å². The Hall–Kier alpha value is -1.07. The van der Waals surface area contributed by atoms with Gasteiger partial charge in [-0.15, -0.1) is 0 Å². The average molecular weight is 286 g/mol. The van der Waals surface area contributed by atoms with Crippen LogP contribution in [0.5, 0.6) is 11.5 Å². The molecule has 0 heterocycles. The Balaban J connectivity index is 2.56. The van der Waals surface area contributed by atoms with Crippen molar-refractivity contribution in [1.82, 2.24) is 5.32 Å². The summed E-state index contributed by atoms with van der Waals surface area (Å²) in [6.45, 7) is 0. The molecule has 0 bridgehead atoms. The molecular weight excluding hydrogens is 274 g/mol. The topological polar surface area (TPSA) is 69.6 Å². The van der Waals surface area contributed by atoms with Crippen molar-refractivity contribution >= 4 is 21.7 Å². The van der Waals surface area contributed by atoms with Gasteiger partial charge in [-0.1, -0.05) is 15.9 Å². The van der Waals surface area contributed by atoms with Gasteiger partial charge in [0, 0.05) is 11.1 Å². The number of phenolic OH excluding ortho intramolecular Hbond substituents is 2. The van der Waals surface area contributed by atoms with E-state index in [-0.39, 0.29) is 17.3 Å². The highest BCUT2D eigenvalue weighted by Gasteiger charge is 2.40. The molecule has 1 aromatic carbocycles. The molecular formula is C11H12BrNO3. The van der Waals surface area contributed by atoms with Crippen LogP contribution in [0.15, 0.2) is 12.1 Å². The minimum Gasteiger partial charge on any atom is -0.504 e. The van der Waals surface area contributed by atoms with E-state index >= 15 is 0 Å². The second kappa shape index (κ2) is 3.75. The molecule has 1 unspecified atom stereocenters. The molecule has 0 saturated heterocycles. The molecule has 5 heteroatoms. The van der Waals surface area contributed by atoms with Crippen LogP contribution in [0.1, 0.15) is 22.3 Å². The summed E-state index contributed by atoms with van der Waals surface area (Å²) in [6, 6.07) is 2.87. The van der Waals surface area contributed by atoms with Gasteiger partial charge in [0.05, 0.1) is 0 Å². The fourth-order valence-electron chi connectivity index (χ4n) is 1.95. The lowest BCUT2D eigenvalue weighted by Crippen LogP contribution is -2.47. The third-order valence-corrected chi connectivity index (χ3v) is 4.13. The van der Waals surface area contributed by atoms with Gasteiger partial charge in [-0.2, -0.15) is 0 Å². The molecule has 1 aliphatic rings. The van der Waals surface area contributed by atoms with E-state index < -0.39 is 4.45 Å². The second-order valence-electron chi connectivity index (χ2n) is 3.84. The molecule has 0 amide bonds. The molecule has 0 fully saturated rings. The zero-order valence-corrected chi connectivity index (χ0v) is 10.3. The average Bonchev–Trinajstić information content (AvgIpc) is 2.28. The van der Waals surface area contributed by atoms with E-state index in [1.165, 1.54) is 6.07 Å². The number of halogens is 1. The maximum atomic E-state index is 12.1. The number of likely N-dealkylation sites (N-methyl/N-ethyl adjacent to an activating group) is 1. The van der Waals surface area contributed by atoms with Crippen molar-refractivity contribution in [1.29, 1.82) is 0 Å². The lowest BCUT2D eigenvalue weighted by molar-refractivity contribution is 0.0914. The van der Waals surface area contributed by atoms with E-state index in [0.29, 0.717) is 24.0 Å². The Bertz CT molecular complexity index is 461. The highest BCUT2D eigenvalue weighted by molar-refractivity contribution is 9.10. The highest BCUT2D eigenvalue weighted by atomic mass is 79.9. The number of hydrogen-bond acceptors (Lipinski definition) is 4. The van der Waals surface area contributed by atoms with E-state index in [4.69, 9.17) is 0 Å². The number of rotatable bonds is 1. The highest BCUT2D eigenvalue weighted by Crippen LogP contribution is 2.40. The summed E-state index contributed by atoms with van der Waals surface area (Å²) in [5, 5.41) is 22.0. The lowest BCUT2D eigenvalue weighted by atomic mass is 9.86. The van der Waals surface area contributed by atoms with Crippen LogP contribution >= 0.6 is 15.9 Å². The zero-order chi connectivity index (χ0) is 11.9. The number of hydrogen-bond donors (Lipinski definition) is 3. The molecule has 2 rings (SSSR count). The molecule has 86 valence electrons. The summed E-state index contributed by atoms with van der Waals surface area (Å²) in [5.74, 6) is -0.485. The van der Waals surface area contributed by atoms with Crippen LogP contribution in [0.4, 0.5) is 0 Å². The first-order chi connectivity index (χ1) is 7.49. The van der Waals surface area contributed by atoms with Gasteiger partial charge >= 0.3 is 0 Å². The lowest BCUT2D eigenvalue weighted by Gasteiger charge is -2.31. The number of phenols is 2. The van der Waals surface area contributed by atoms with Crippen LogP contribution in [-0.4, -0.2) is 27.5 Å². The van der Waals surface area contributed by atoms with Gasteiger partial charge in [0.2, 0.25) is 0 Å². The zero-order valence-electron chi connectivity index (χ0n) is 8.75. The Morgan fingerprint density at radius 3 is 2.75 bits per heavy atom. The number of alkyl halides is 1. The SMILES string of the molecule is CNC1(Br)CCc2c(ccc(O)c2O)C1=O. The smallest absolute Gasteiger partial charge is 0.194 e. The quantitative estimate of drug-likeness (QED) is 0.416. The molecule has 0 aromatic heterocycles. The number of fused-ring (bicyclic) bond motifs is 1. The van der Waals surface area contributed by atoms with Gasteiger partial charge in [-0.3, -0.25) is 10.1 Å². The Kier molecular flexibility index (Phi) is 2.67. The molecule has 1 aromatic rings. The van der Waals surface area contributed by atoms with Crippen LogP contribution in [-0.2, 0) is 6.42 Å². The predicted molar refractivity (Wildman–Crippen MR) is 63.1 cm³/mol. The monoisotopic (exact) mass is 285 g/mol. The van der Waals surface area contributed by atoms with E-state index in [1.54, 1.807) is 13.1 Å². The number of aromatic hydroxyl groups is 2. The van der Waals surface area contributed by atoms with Gasteiger partial charge in [0.15, 0.2) is 17.3 Å². The van der Waals surface area contributed by atoms with Crippen molar-refractivity contribution in [2.45, 2.75) is 17.3 Å². The van der Waals surface area contributed by atoms with Gasteiger partial charge in [0.25, 0.3) is 0 Å². The third kappa shape index (κ3) is 1.51. The van der Waals surface area contributed by atoms with Gasteiger partial charge in [0.1, 0.15) is 4.45 Å². The molecule has 0 radical (unpaired) electrons. The molecule has 4 nitrogen and oxygen atoms in total. The Morgan fingerprint density at radius 2 is 2.12 bits per heavy atom. The molecule has 0 saturated carbocycles. The normalized spacial score (nSPS) is 24.2. The maximum absolute atomic E-state index is 12.1. The third-order valence-electron chi connectivity index (χ3n) is 2.98. The van der Waals surface area contributed by atoms with E-state index in [0.717, 1.165) is 0 Å². The van der Waals surface area contributed by atoms with Crippen LogP contribution < -0.4 is 5.32 Å². The van der Waals surface area contributed by atoms with Crippen molar-refractivity contribution in [3.63, 3.8) is 0 Å². The second-order valence-corrected chi connectivity index (χ2v) is 5.19. The molecule has 1 atom stereocenters. The number of benzene rings is 1. The number of carbonyl (C=O) groups is 1. The number of nitrogens with one attached hydrogen (secondary N) is 1. The minimum absolute atomic E-state index is 0.119. The number of Topliss-reactive ketones (excluding diaryl/α,β-unsaturated/α-hetero) is 1. The first-order valence-corrected chi connectivity index (χ1v) is 5.75. The predicted octanol–water partition coefficient (Wildman–Crippen LogP) is 1.54. The molecule has 16 heavy (non-hydrogen) atoms. The van der Waals surface area contributed by atoms with Crippen molar-refractivity contribution in [3.8, 4) is 11.5 Å². The van der Waals surface area contributed by atoms with E-state index in [1.807, 2.05) is 0 Å². The summed E-state index contributed by atoms with van der Waals surface area (Å²) in [4.78, 5) is 12.1. The minimum atomic E-state index is -0.761. The van der Waals surface area contributed by atoms with Gasteiger partial charge in [-0.25, -0.2) is 0 Å². The first kappa shape index (κ1) is 11.4. The summed E-state index contributed by atoms with van der Waals surface area (Å²) >= 11 is 3.37. The van der Waals surface area contributed by atoms with E-state index in [9.17, 15) is 15.0 Å². The van der Waals surface area contributed by atoms with Crippen LogP contribution in [0.25, 0.3) is 0 Å². The maximum Gasteiger partial charge on any atom is 0.194 e. The Labute approximate surface area is 101 Å². The van der Waals surface area contributed by atoms with Crippen molar-refractivity contribution in [2.24, 2.45) is 0 Å². The standard InChI is InChI=1S/C11H12BrNO3/c1-13-11(12)5-4-6-7(10(11)16)2-3-8(14)9(6)15/h2-3,13-15H,4-5H2,1H3. The number of carbonyl (C=O) groups excluding carboxylic acids is 1. The van der Waals surface area contributed by atoms with Crippen LogP contribution in [0, 0.1) is 0 Å². The summed E-state index contributed by atoms with van der Waals surface area (Å²) in [6.07, 6.45) is 1.07. The van der Waals surface area contributed by atoms with Gasteiger partial charge in [-0.05, 0) is 32.0 Å². The summed E-state index contributed by atoms with van der Waals surface area (Å²) in [7, 11) is 1.71. The largest absolute Gasteiger partial charge is 0.504 e. The van der Waals surface area contributed by atoms with Gasteiger partial charge < -0.3 is 10.2 Å². The van der Waals surface area contributed by atoms with Crippen molar-refractivity contribution < 1.29 is 15.0 Å². The van der Waals surface area contributed by atoms with Crippen LogP contribution in [0.2, 0.25) is 0 Å². The van der Waals surface area contributed by atoms with Crippen molar-refractivity contribution in [3.05, 3.63) is 23.3 Å².